The lowest BCUT2D eigenvalue weighted by Gasteiger charge is -2.13. The zero-order valence-electron chi connectivity index (χ0n) is 16.6. The second kappa shape index (κ2) is 6.91. The molecule has 2 aromatic rings. The fraction of sp³-hybridized carbons (Fsp3) is 0.273. The van der Waals surface area contributed by atoms with E-state index in [0.29, 0.717) is 16.8 Å². The van der Waals surface area contributed by atoms with Crippen molar-refractivity contribution in [1.82, 2.24) is 9.88 Å². The molecule has 0 saturated carbocycles. The number of carbonyl (C=O) groups excluding carboxylic acids is 2. The van der Waals surface area contributed by atoms with E-state index >= 15 is 0 Å². The van der Waals surface area contributed by atoms with Crippen LogP contribution in [-0.4, -0.2) is 23.6 Å². The quantitative estimate of drug-likeness (QED) is 0.668. The Morgan fingerprint density at radius 2 is 1.81 bits per heavy atom. The maximum absolute atomic E-state index is 12.3. The molecule has 3 rings (SSSR count). The van der Waals surface area contributed by atoms with Gasteiger partial charge in [-0.05, 0) is 64.0 Å². The summed E-state index contributed by atoms with van der Waals surface area (Å²) < 4.78 is 7.01. The van der Waals surface area contributed by atoms with Gasteiger partial charge in [0, 0.05) is 22.8 Å². The summed E-state index contributed by atoms with van der Waals surface area (Å²) in [5.41, 5.74) is 7.61. The highest BCUT2D eigenvalue weighted by molar-refractivity contribution is 6.16. The van der Waals surface area contributed by atoms with Gasteiger partial charge in [-0.2, -0.15) is 0 Å². The van der Waals surface area contributed by atoms with E-state index in [2.05, 4.69) is 41.9 Å². The minimum atomic E-state index is -0.514. The van der Waals surface area contributed by atoms with Crippen LogP contribution in [0.2, 0.25) is 0 Å². The van der Waals surface area contributed by atoms with Crippen LogP contribution in [0.25, 0.3) is 11.8 Å². The van der Waals surface area contributed by atoms with Crippen molar-refractivity contribution in [2.45, 2.75) is 34.6 Å². The van der Waals surface area contributed by atoms with Gasteiger partial charge < -0.3 is 14.6 Å². The summed E-state index contributed by atoms with van der Waals surface area (Å²) in [4.78, 5) is 24.5. The van der Waals surface area contributed by atoms with E-state index in [1.165, 1.54) is 18.2 Å². The SMILES string of the molecule is COC(=O)C1=C(C)NC(=O)/C1=C\c1cc(C)n(-c2ccc(C)cc2C)c1C. The van der Waals surface area contributed by atoms with E-state index in [1.54, 1.807) is 13.0 Å². The number of hydrogen-bond acceptors (Lipinski definition) is 3. The van der Waals surface area contributed by atoms with Crippen LogP contribution in [0.5, 0.6) is 0 Å². The van der Waals surface area contributed by atoms with Crippen LogP contribution in [0.1, 0.15) is 35.0 Å². The molecule has 0 unspecified atom stereocenters. The number of esters is 1. The molecule has 5 nitrogen and oxygen atoms in total. The van der Waals surface area contributed by atoms with Crippen molar-refractivity contribution in [3.05, 3.63) is 69.2 Å². The number of nitrogens with zero attached hydrogens (tertiary/aromatic N) is 1. The predicted octanol–water partition coefficient (Wildman–Crippen LogP) is 3.67. The van der Waals surface area contributed by atoms with Crippen molar-refractivity contribution in [2.24, 2.45) is 0 Å². The number of benzene rings is 1. The molecule has 5 heteroatoms. The number of rotatable bonds is 3. The molecule has 1 aromatic heterocycles. The first-order valence-corrected chi connectivity index (χ1v) is 8.83. The number of nitrogens with one attached hydrogen (secondary N) is 1. The highest BCUT2D eigenvalue weighted by atomic mass is 16.5. The Bertz CT molecular complexity index is 1020. The molecule has 0 fully saturated rings. The second-order valence-corrected chi connectivity index (χ2v) is 6.96. The number of ether oxygens (including phenoxy) is 1. The molecule has 0 spiro atoms. The fourth-order valence-electron chi connectivity index (χ4n) is 3.63. The second-order valence-electron chi connectivity index (χ2n) is 6.96. The molecular weight excluding hydrogens is 340 g/mol. The van der Waals surface area contributed by atoms with Crippen molar-refractivity contribution < 1.29 is 14.3 Å². The third-order valence-electron chi connectivity index (χ3n) is 4.94. The minimum Gasteiger partial charge on any atom is -0.465 e. The molecule has 1 amide bonds. The first-order valence-electron chi connectivity index (χ1n) is 8.83. The number of aromatic nitrogens is 1. The Labute approximate surface area is 159 Å². The zero-order chi connectivity index (χ0) is 19.9. The molecule has 2 heterocycles. The van der Waals surface area contributed by atoms with Crippen molar-refractivity contribution in [1.29, 1.82) is 0 Å². The maximum atomic E-state index is 12.3. The zero-order valence-corrected chi connectivity index (χ0v) is 16.6. The third kappa shape index (κ3) is 3.21. The largest absolute Gasteiger partial charge is 0.465 e. The smallest absolute Gasteiger partial charge is 0.340 e. The molecule has 0 bridgehead atoms. The van der Waals surface area contributed by atoms with Gasteiger partial charge >= 0.3 is 5.97 Å². The summed E-state index contributed by atoms with van der Waals surface area (Å²) in [7, 11) is 1.31. The normalized spacial score (nSPS) is 15.5. The Hall–Kier alpha value is -3.08. The average molecular weight is 364 g/mol. The fourth-order valence-corrected chi connectivity index (χ4v) is 3.63. The Kier molecular flexibility index (Phi) is 4.79. The minimum absolute atomic E-state index is 0.288. The molecule has 0 aliphatic carbocycles. The highest BCUT2D eigenvalue weighted by Gasteiger charge is 2.31. The summed E-state index contributed by atoms with van der Waals surface area (Å²) >= 11 is 0. The van der Waals surface area contributed by atoms with E-state index in [0.717, 1.165) is 22.6 Å². The van der Waals surface area contributed by atoms with E-state index < -0.39 is 5.97 Å². The molecule has 0 radical (unpaired) electrons. The maximum Gasteiger partial charge on any atom is 0.340 e. The van der Waals surface area contributed by atoms with Gasteiger partial charge in [0.2, 0.25) is 0 Å². The number of aryl methyl sites for hydroxylation is 3. The number of methoxy groups -OCH3 is 1. The predicted molar refractivity (Wildman–Crippen MR) is 106 cm³/mol. The highest BCUT2D eigenvalue weighted by Crippen LogP contribution is 2.29. The van der Waals surface area contributed by atoms with Crippen LogP contribution in [0.3, 0.4) is 0 Å². The lowest BCUT2D eigenvalue weighted by atomic mass is 10.0. The van der Waals surface area contributed by atoms with Gasteiger partial charge in [0.05, 0.1) is 18.3 Å². The van der Waals surface area contributed by atoms with E-state index in [-0.39, 0.29) is 5.91 Å². The standard InChI is InChI=1S/C22H24N2O3/c1-12-7-8-19(13(2)9-12)24-14(3)10-17(16(24)5)11-18-20(22(26)27-6)15(4)23-21(18)25/h7-11H,1-6H3,(H,23,25)/b18-11-. The van der Waals surface area contributed by atoms with E-state index in [1.807, 2.05) is 19.9 Å². The van der Waals surface area contributed by atoms with Gasteiger partial charge in [-0.15, -0.1) is 0 Å². The molecule has 1 N–H and O–H groups in total. The van der Waals surface area contributed by atoms with Crippen molar-refractivity contribution in [3.8, 4) is 5.69 Å². The van der Waals surface area contributed by atoms with E-state index in [4.69, 9.17) is 4.74 Å². The first kappa shape index (κ1) is 18.7. The number of hydrogen-bond donors (Lipinski definition) is 1. The van der Waals surface area contributed by atoms with Crippen LogP contribution in [0, 0.1) is 27.7 Å². The molecule has 1 aliphatic heterocycles. The van der Waals surface area contributed by atoms with Crippen LogP contribution >= 0.6 is 0 Å². The molecule has 0 saturated heterocycles. The molecular formula is C22H24N2O3. The van der Waals surface area contributed by atoms with Gasteiger partial charge in [0.1, 0.15) is 0 Å². The molecule has 0 atom stereocenters. The summed E-state index contributed by atoms with van der Waals surface area (Å²) in [6, 6.07) is 8.37. The van der Waals surface area contributed by atoms with Crippen molar-refractivity contribution >= 4 is 18.0 Å². The molecule has 140 valence electrons. The van der Waals surface area contributed by atoms with Crippen LogP contribution < -0.4 is 5.32 Å². The van der Waals surface area contributed by atoms with Gasteiger partial charge in [-0.1, -0.05) is 17.7 Å². The number of amides is 1. The van der Waals surface area contributed by atoms with Crippen LogP contribution in [-0.2, 0) is 14.3 Å². The van der Waals surface area contributed by atoms with E-state index in [9.17, 15) is 9.59 Å². The van der Waals surface area contributed by atoms with Crippen LogP contribution in [0.4, 0.5) is 0 Å². The third-order valence-corrected chi connectivity index (χ3v) is 4.94. The summed E-state index contributed by atoms with van der Waals surface area (Å²) in [5.74, 6) is -0.801. The first-order chi connectivity index (χ1) is 12.7. The van der Waals surface area contributed by atoms with Gasteiger partial charge in [0.15, 0.2) is 0 Å². The average Bonchev–Trinajstić information content (AvgIpc) is 3.03. The molecule has 27 heavy (non-hydrogen) atoms. The van der Waals surface area contributed by atoms with Gasteiger partial charge in [-0.25, -0.2) is 4.79 Å². The summed E-state index contributed by atoms with van der Waals surface area (Å²) in [6.07, 6.45) is 1.76. The van der Waals surface area contributed by atoms with Gasteiger partial charge in [-0.3, -0.25) is 4.79 Å². The van der Waals surface area contributed by atoms with Crippen molar-refractivity contribution in [3.63, 3.8) is 0 Å². The Morgan fingerprint density at radius 3 is 2.44 bits per heavy atom. The summed E-state index contributed by atoms with van der Waals surface area (Å²) in [6.45, 7) is 9.91. The number of carbonyl (C=O) groups is 2. The number of allylic oxidation sites excluding steroid dienone is 1. The van der Waals surface area contributed by atoms with Gasteiger partial charge in [0.25, 0.3) is 5.91 Å². The lowest BCUT2D eigenvalue weighted by Crippen LogP contribution is -2.15. The molecule has 1 aliphatic rings. The monoisotopic (exact) mass is 364 g/mol. The molecule has 1 aromatic carbocycles. The van der Waals surface area contributed by atoms with Crippen molar-refractivity contribution in [2.75, 3.05) is 7.11 Å². The Balaban J connectivity index is 2.13. The van der Waals surface area contributed by atoms with Crippen LogP contribution in [0.15, 0.2) is 41.1 Å². The lowest BCUT2D eigenvalue weighted by molar-refractivity contribution is -0.136. The topological polar surface area (TPSA) is 60.3 Å². The summed E-state index contributed by atoms with van der Waals surface area (Å²) in [5, 5.41) is 2.71. The Morgan fingerprint density at radius 1 is 1.11 bits per heavy atom.